The van der Waals surface area contributed by atoms with Crippen LogP contribution in [0.3, 0.4) is 0 Å². The van der Waals surface area contributed by atoms with E-state index in [0.29, 0.717) is 22.9 Å². The zero-order valence-electron chi connectivity index (χ0n) is 17.9. The Bertz CT molecular complexity index is 1760. The van der Waals surface area contributed by atoms with E-state index < -0.39 is 0 Å². The van der Waals surface area contributed by atoms with Crippen molar-refractivity contribution < 1.29 is 0 Å². The average Bonchev–Trinajstić information content (AvgIpc) is 3.49. The van der Waals surface area contributed by atoms with E-state index in [1.807, 2.05) is 41.1 Å². The van der Waals surface area contributed by atoms with E-state index in [4.69, 9.17) is 28.5 Å². The normalized spacial score (nSPS) is 11.4. The molecule has 5 nitrogen and oxygen atoms in total. The SMILES string of the molecule is N#CCCc1ccc(-n2cnc3cnc4cc(Cl)c(-c5ccc6[nH]ccc6c5)cc4c32)c(Cl)c1. The molecule has 34 heavy (non-hydrogen) atoms. The van der Waals surface area contributed by atoms with Crippen molar-refractivity contribution in [2.75, 3.05) is 0 Å². The molecule has 0 bridgehead atoms. The van der Waals surface area contributed by atoms with E-state index in [-0.39, 0.29) is 0 Å². The average molecular weight is 482 g/mol. The Morgan fingerprint density at radius 3 is 2.71 bits per heavy atom. The number of nitriles is 1. The molecular formula is C27H17Cl2N5. The summed E-state index contributed by atoms with van der Waals surface area (Å²) >= 11 is 13.4. The van der Waals surface area contributed by atoms with Crippen LogP contribution in [-0.4, -0.2) is 19.5 Å². The molecule has 0 aliphatic heterocycles. The summed E-state index contributed by atoms with van der Waals surface area (Å²) in [5, 5.41) is 12.2. The maximum atomic E-state index is 8.87. The number of nitrogens with one attached hydrogen (secondary N) is 1. The van der Waals surface area contributed by atoms with Gasteiger partial charge < -0.3 is 4.98 Å². The van der Waals surface area contributed by atoms with Gasteiger partial charge in [-0.05, 0) is 65.4 Å². The molecule has 3 aromatic heterocycles. The van der Waals surface area contributed by atoms with Gasteiger partial charge in [-0.2, -0.15) is 5.26 Å². The summed E-state index contributed by atoms with van der Waals surface area (Å²) in [7, 11) is 0. The number of aryl methyl sites for hydroxylation is 1. The van der Waals surface area contributed by atoms with Gasteiger partial charge in [-0.15, -0.1) is 0 Å². The smallest absolute Gasteiger partial charge is 0.108 e. The van der Waals surface area contributed by atoms with E-state index in [0.717, 1.165) is 55.2 Å². The van der Waals surface area contributed by atoms with Crippen LogP contribution in [0.5, 0.6) is 0 Å². The van der Waals surface area contributed by atoms with Gasteiger partial charge in [0, 0.05) is 29.1 Å². The molecule has 164 valence electrons. The first kappa shape index (κ1) is 20.7. The Morgan fingerprint density at radius 2 is 1.85 bits per heavy atom. The monoisotopic (exact) mass is 481 g/mol. The summed E-state index contributed by atoms with van der Waals surface area (Å²) in [5.74, 6) is 0. The summed E-state index contributed by atoms with van der Waals surface area (Å²) in [4.78, 5) is 12.4. The number of rotatable bonds is 4. The molecule has 0 amide bonds. The van der Waals surface area contributed by atoms with Crippen LogP contribution in [0.2, 0.25) is 10.0 Å². The first-order valence-electron chi connectivity index (χ1n) is 10.8. The molecule has 3 aromatic carbocycles. The number of fused-ring (bicyclic) bond motifs is 4. The lowest BCUT2D eigenvalue weighted by molar-refractivity contribution is 1.00. The highest BCUT2D eigenvalue weighted by Crippen LogP contribution is 2.36. The number of pyridine rings is 1. The van der Waals surface area contributed by atoms with Crippen LogP contribution in [0, 0.1) is 11.3 Å². The molecule has 6 rings (SSSR count). The number of benzene rings is 3. The molecule has 0 fully saturated rings. The Hall–Kier alpha value is -3.85. The lowest BCUT2D eigenvalue weighted by Crippen LogP contribution is -1.96. The van der Waals surface area contributed by atoms with Gasteiger partial charge in [0.15, 0.2) is 0 Å². The fourth-order valence-electron chi connectivity index (χ4n) is 4.44. The third-order valence-electron chi connectivity index (χ3n) is 6.12. The van der Waals surface area contributed by atoms with Gasteiger partial charge in [0.1, 0.15) is 11.8 Å². The first-order valence-corrected chi connectivity index (χ1v) is 11.6. The van der Waals surface area contributed by atoms with Crippen LogP contribution in [-0.2, 0) is 6.42 Å². The maximum absolute atomic E-state index is 8.87. The van der Waals surface area contributed by atoms with E-state index >= 15 is 0 Å². The second-order valence-corrected chi connectivity index (χ2v) is 8.99. The second-order valence-electron chi connectivity index (χ2n) is 8.18. The molecule has 0 spiro atoms. The molecule has 1 N–H and O–H groups in total. The second kappa shape index (κ2) is 8.18. The third kappa shape index (κ3) is 3.40. The minimum absolute atomic E-state index is 0.456. The molecule has 0 atom stereocenters. The van der Waals surface area contributed by atoms with Crippen LogP contribution in [0.15, 0.2) is 73.3 Å². The Balaban J connectivity index is 1.56. The van der Waals surface area contributed by atoms with Gasteiger partial charge in [0.05, 0.1) is 39.0 Å². The predicted molar refractivity (Wildman–Crippen MR) is 138 cm³/mol. The highest BCUT2D eigenvalue weighted by Gasteiger charge is 2.15. The van der Waals surface area contributed by atoms with Crippen LogP contribution >= 0.6 is 23.2 Å². The Kier molecular flexibility index (Phi) is 4.99. The van der Waals surface area contributed by atoms with Crippen molar-refractivity contribution in [2.24, 2.45) is 0 Å². The van der Waals surface area contributed by atoms with E-state index in [1.54, 1.807) is 12.5 Å². The quantitative estimate of drug-likeness (QED) is 0.283. The van der Waals surface area contributed by atoms with Gasteiger partial charge in [-0.1, -0.05) is 35.3 Å². The summed E-state index contributed by atoms with van der Waals surface area (Å²) in [5.41, 5.74) is 7.36. The number of H-pyrrole nitrogens is 1. The lowest BCUT2D eigenvalue weighted by Gasteiger charge is -2.12. The molecule has 3 heterocycles. The standard InChI is InChI=1S/C27H17Cl2N5/c28-21-13-24-20(12-19(21)17-4-5-23-18(11-17)7-9-31-23)27-25(14-32-24)33-15-34(27)26-6-3-16(2-1-8-30)10-22(26)29/h3-7,9-15,31H,1-2H2. The van der Waals surface area contributed by atoms with Gasteiger partial charge >= 0.3 is 0 Å². The highest BCUT2D eigenvalue weighted by atomic mass is 35.5. The Labute approximate surface area is 205 Å². The fourth-order valence-corrected chi connectivity index (χ4v) is 5.00. The van der Waals surface area contributed by atoms with Crippen molar-refractivity contribution >= 4 is 56.0 Å². The molecule has 0 unspecified atom stereocenters. The van der Waals surface area contributed by atoms with Gasteiger partial charge in [0.25, 0.3) is 0 Å². The van der Waals surface area contributed by atoms with E-state index in [2.05, 4.69) is 45.3 Å². The molecule has 6 aromatic rings. The number of halogens is 2. The van der Waals surface area contributed by atoms with E-state index in [1.165, 1.54) is 0 Å². The number of nitrogens with zero attached hydrogens (tertiary/aromatic N) is 4. The zero-order valence-corrected chi connectivity index (χ0v) is 19.4. The van der Waals surface area contributed by atoms with Crippen molar-refractivity contribution in [3.05, 3.63) is 88.9 Å². The van der Waals surface area contributed by atoms with Crippen LogP contribution in [0.25, 0.3) is 49.7 Å². The Morgan fingerprint density at radius 1 is 0.941 bits per heavy atom. The van der Waals surface area contributed by atoms with Gasteiger partial charge in [-0.3, -0.25) is 9.55 Å². The van der Waals surface area contributed by atoms with Crippen molar-refractivity contribution in [1.29, 1.82) is 5.26 Å². The largest absolute Gasteiger partial charge is 0.361 e. The molecule has 0 radical (unpaired) electrons. The topological polar surface area (TPSA) is 70.3 Å². The number of aromatic amines is 1. The van der Waals surface area contributed by atoms with Crippen molar-refractivity contribution in [3.63, 3.8) is 0 Å². The van der Waals surface area contributed by atoms with Gasteiger partial charge in [-0.25, -0.2) is 4.98 Å². The van der Waals surface area contributed by atoms with Crippen LogP contribution in [0.4, 0.5) is 0 Å². The van der Waals surface area contributed by atoms with Gasteiger partial charge in [0.2, 0.25) is 0 Å². The lowest BCUT2D eigenvalue weighted by atomic mass is 10.0. The first-order chi connectivity index (χ1) is 16.6. The van der Waals surface area contributed by atoms with Crippen LogP contribution in [0.1, 0.15) is 12.0 Å². The fraction of sp³-hybridized carbons (Fsp3) is 0.0741. The molecule has 0 saturated heterocycles. The predicted octanol–water partition coefficient (Wildman–Crippen LogP) is 7.48. The zero-order chi connectivity index (χ0) is 23.2. The summed E-state index contributed by atoms with van der Waals surface area (Å²) < 4.78 is 1.99. The number of imidazole rings is 1. The number of hydrogen-bond acceptors (Lipinski definition) is 3. The maximum Gasteiger partial charge on any atom is 0.108 e. The molecule has 0 aliphatic rings. The molecular weight excluding hydrogens is 465 g/mol. The number of aromatic nitrogens is 4. The van der Waals surface area contributed by atoms with Crippen molar-refractivity contribution in [1.82, 2.24) is 19.5 Å². The molecule has 0 aliphatic carbocycles. The van der Waals surface area contributed by atoms with Crippen LogP contribution < -0.4 is 0 Å². The highest BCUT2D eigenvalue weighted by molar-refractivity contribution is 6.34. The molecule has 7 heteroatoms. The third-order valence-corrected chi connectivity index (χ3v) is 6.74. The minimum Gasteiger partial charge on any atom is -0.361 e. The van der Waals surface area contributed by atoms with Crippen molar-refractivity contribution in [2.45, 2.75) is 12.8 Å². The minimum atomic E-state index is 0.456. The van der Waals surface area contributed by atoms with E-state index in [9.17, 15) is 0 Å². The van der Waals surface area contributed by atoms with Crippen molar-refractivity contribution in [3.8, 4) is 22.9 Å². The summed E-state index contributed by atoms with van der Waals surface area (Å²) in [6.07, 6.45) is 6.57. The summed E-state index contributed by atoms with van der Waals surface area (Å²) in [6.45, 7) is 0. The summed E-state index contributed by atoms with van der Waals surface area (Å²) in [6, 6.07) is 20.3. The molecule has 0 saturated carbocycles. The number of hydrogen-bond donors (Lipinski definition) is 1.